The molecule has 1 nitrogen and oxygen atoms in total. The molecule has 0 amide bonds. The maximum Gasteiger partial charge on any atom is 0.0651 e. The fourth-order valence-corrected chi connectivity index (χ4v) is 7.05. The lowest BCUT2D eigenvalue weighted by Crippen LogP contribution is -2.35. The van der Waals surface area contributed by atoms with Crippen LogP contribution in [0, 0.1) is 40.9 Å². The minimum absolute atomic E-state index is 0.193. The second-order valence-corrected chi connectivity index (χ2v) is 12.2. The fraction of sp³-hybridized carbons (Fsp3) is 0.793. The quantitative estimate of drug-likeness (QED) is 0.452. The number of aliphatic hydroxyl groups is 1. The predicted octanol–water partition coefficient (Wildman–Crippen LogP) is 8.11. The van der Waals surface area contributed by atoms with Crippen LogP contribution in [0.15, 0.2) is 35.5 Å². The van der Waals surface area contributed by atoms with Crippen molar-refractivity contribution in [1.82, 2.24) is 0 Å². The highest BCUT2D eigenvalue weighted by atomic mass is 16.3. The van der Waals surface area contributed by atoms with E-state index in [4.69, 9.17) is 0 Å². The molecule has 0 unspecified atom stereocenters. The molecule has 3 saturated carbocycles. The molecule has 0 spiro atoms. The summed E-state index contributed by atoms with van der Waals surface area (Å²) in [6.45, 7) is 15.8. The maximum absolute atomic E-state index is 10.3. The Morgan fingerprint density at radius 3 is 2.33 bits per heavy atom. The van der Waals surface area contributed by atoms with Crippen molar-refractivity contribution < 1.29 is 5.11 Å². The van der Waals surface area contributed by atoms with Crippen LogP contribution in [0.1, 0.15) is 99.8 Å². The van der Waals surface area contributed by atoms with E-state index in [0.29, 0.717) is 11.3 Å². The molecule has 0 aromatic carbocycles. The standard InChI is InChI=1S/C29H48O/c1-20-17-21(2)19-24(18-20)12-13-25-9-8-16-29(7)26(14-15-27(25)29)22(3)10-11-23(4)28(5,6)30/h10-13,20-23,26-27,30H,8-9,14-19H2,1-7H3/b11-10+,25-13+/t20-,21-,22+,23-,26+,27-,29+/m0/s1. The highest BCUT2D eigenvalue weighted by molar-refractivity contribution is 5.26. The molecule has 3 rings (SSSR count). The highest BCUT2D eigenvalue weighted by Crippen LogP contribution is 2.59. The molecule has 0 radical (unpaired) electrons. The first kappa shape index (κ1) is 23.8. The van der Waals surface area contributed by atoms with Gasteiger partial charge in [0.25, 0.3) is 0 Å². The Kier molecular flexibility index (Phi) is 7.43. The summed E-state index contributed by atoms with van der Waals surface area (Å²) < 4.78 is 0. The SMILES string of the molecule is C[C@@H]1CC(=C/C=C2\CCC[C@]3(C)[C@@H]([C@H](C)/C=C/[C@H](C)C(C)(C)O)CC[C@@H]23)C[C@@H](C)C1. The van der Waals surface area contributed by atoms with Crippen molar-refractivity contribution >= 4 is 0 Å². The van der Waals surface area contributed by atoms with E-state index in [1.807, 2.05) is 13.8 Å². The third kappa shape index (κ3) is 5.32. The van der Waals surface area contributed by atoms with Gasteiger partial charge in [0.15, 0.2) is 0 Å². The number of allylic oxidation sites excluding steroid dienone is 5. The average Bonchev–Trinajstić information content (AvgIpc) is 3.00. The number of fused-ring (bicyclic) bond motifs is 1. The molecule has 0 heterocycles. The molecular formula is C29H48O. The molecule has 3 aliphatic rings. The molecule has 1 N–H and O–H groups in total. The predicted molar refractivity (Wildman–Crippen MR) is 130 cm³/mol. The summed E-state index contributed by atoms with van der Waals surface area (Å²) in [5.41, 5.74) is 3.23. The van der Waals surface area contributed by atoms with Crippen LogP contribution in [0.5, 0.6) is 0 Å². The van der Waals surface area contributed by atoms with Crippen molar-refractivity contribution in [2.75, 3.05) is 0 Å². The van der Waals surface area contributed by atoms with Crippen molar-refractivity contribution in [3.8, 4) is 0 Å². The number of rotatable bonds is 5. The smallest absolute Gasteiger partial charge is 0.0651 e. The van der Waals surface area contributed by atoms with Crippen LogP contribution in [0.2, 0.25) is 0 Å². The van der Waals surface area contributed by atoms with Gasteiger partial charge >= 0.3 is 0 Å². The summed E-state index contributed by atoms with van der Waals surface area (Å²) in [5.74, 6) is 4.02. The van der Waals surface area contributed by atoms with Crippen LogP contribution in [-0.2, 0) is 0 Å². The van der Waals surface area contributed by atoms with E-state index in [1.165, 1.54) is 51.4 Å². The Morgan fingerprint density at radius 1 is 1.03 bits per heavy atom. The lowest BCUT2D eigenvalue weighted by Gasteiger charge is -2.44. The lowest BCUT2D eigenvalue weighted by molar-refractivity contribution is 0.0436. The van der Waals surface area contributed by atoms with Crippen LogP contribution < -0.4 is 0 Å². The van der Waals surface area contributed by atoms with Gasteiger partial charge in [-0.05, 0) is 100 Å². The van der Waals surface area contributed by atoms with Crippen molar-refractivity contribution in [1.29, 1.82) is 0 Å². The van der Waals surface area contributed by atoms with E-state index >= 15 is 0 Å². The van der Waals surface area contributed by atoms with Gasteiger partial charge in [-0.1, -0.05) is 70.1 Å². The van der Waals surface area contributed by atoms with Crippen LogP contribution in [0.25, 0.3) is 0 Å². The zero-order valence-electron chi connectivity index (χ0n) is 20.9. The molecule has 7 atom stereocenters. The topological polar surface area (TPSA) is 20.2 Å². The number of hydrogen-bond acceptors (Lipinski definition) is 1. The van der Waals surface area contributed by atoms with Crippen LogP contribution >= 0.6 is 0 Å². The molecule has 3 fully saturated rings. The maximum atomic E-state index is 10.3. The average molecular weight is 413 g/mol. The zero-order chi connectivity index (χ0) is 22.1. The molecule has 0 saturated heterocycles. The highest BCUT2D eigenvalue weighted by Gasteiger charge is 2.50. The van der Waals surface area contributed by atoms with Gasteiger partial charge in [0, 0.05) is 5.92 Å². The molecule has 0 aliphatic heterocycles. The molecule has 170 valence electrons. The number of hydrogen-bond donors (Lipinski definition) is 1. The van der Waals surface area contributed by atoms with E-state index in [-0.39, 0.29) is 5.92 Å². The Morgan fingerprint density at radius 2 is 1.70 bits per heavy atom. The van der Waals surface area contributed by atoms with E-state index in [9.17, 15) is 5.11 Å². The third-order valence-electron chi connectivity index (χ3n) is 9.05. The van der Waals surface area contributed by atoms with Crippen molar-refractivity contribution in [2.45, 2.75) is 105 Å². The van der Waals surface area contributed by atoms with E-state index in [0.717, 1.165) is 23.7 Å². The Bertz CT molecular complexity index is 663. The van der Waals surface area contributed by atoms with E-state index < -0.39 is 5.60 Å². The minimum Gasteiger partial charge on any atom is -0.390 e. The van der Waals surface area contributed by atoms with E-state index in [2.05, 4.69) is 58.9 Å². The van der Waals surface area contributed by atoms with Crippen LogP contribution in [0.3, 0.4) is 0 Å². The second-order valence-electron chi connectivity index (χ2n) is 12.2. The molecule has 30 heavy (non-hydrogen) atoms. The van der Waals surface area contributed by atoms with Gasteiger partial charge in [-0.15, -0.1) is 0 Å². The van der Waals surface area contributed by atoms with Gasteiger partial charge < -0.3 is 5.11 Å². The first-order valence-electron chi connectivity index (χ1n) is 12.8. The molecule has 1 heteroatoms. The zero-order valence-corrected chi connectivity index (χ0v) is 20.9. The van der Waals surface area contributed by atoms with Gasteiger partial charge in [0.1, 0.15) is 0 Å². The first-order chi connectivity index (χ1) is 14.0. The van der Waals surface area contributed by atoms with Crippen molar-refractivity contribution in [3.05, 3.63) is 35.5 Å². The minimum atomic E-state index is -0.638. The van der Waals surface area contributed by atoms with Gasteiger partial charge in [-0.2, -0.15) is 0 Å². The fourth-order valence-electron chi connectivity index (χ4n) is 7.05. The second kappa shape index (κ2) is 9.35. The Hall–Kier alpha value is -0.820. The van der Waals surface area contributed by atoms with E-state index in [1.54, 1.807) is 11.1 Å². The van der Waals surface area contributed by atoms with Gasteiger partial charge in [0.05, 0.1) is 5.60 Å². The Balaban J connectivity index is 1.73. The lowest BCUT2D eigenvalue weighted by atomic mass is 9.61. The van der Waals surface area contributed by atoms with Crippen molar-refractivity contribution in [3.63, 3.8) is 0 Å². The summed E-state index contributed by atoms with van der Waals surface area (Å²) in [6.07, 6.45) is 20.5. The summed E-state index contributed by atoms with van der Waals surface area (Å²) in [4.78, 5) is 0. The van der Waals surface area contributed by atoms with Crippen LogP contribution in [-0.4, -0.2) is 10.7 Å². The normalized spacial score (nSPS) is 38.7. The summed E-state index contributed by atoms with van der Waals surface area (Å²) in [7, 11) is 0. The summed E-state index contributed by atoms with van der Waals surface area (Å²) in [6, 6.07) is 0. The first-order valence-corrected chi connectivity index (χ1v) is 12.8. The molecule has 0 aromatic heterocycles. The van der Waals surface area contributed by atoms with Gasteiger partial charge in [-0.3, -0.25) is 0 Å². The molecular weight excluding hydrogens is 364 g/mol. The molecule has 0 bridgehead atoms. The third-order valence-corrected chi connectivity index (χ3v) is 9.05. The Labute approximate surface area is 187 Å². The monoisotopic (exact) mass is 412 g/mol. The van der Waals surface area contributed by atoms with Gasteiger partial charge in [-0.25, -0.2) is 0 Å². The summed E-state index contributed by atoms with van der Waals surface area (Å²) in [5, 5.41) is 10.3. The molecule has 3 aliphatic carbocycles. The summed E-state index contributed by atoms with van der Waals surface area (Å²) >= 11 is 0. The largest absolute Gasteiger partial charge is 0.390 e. The van der Waals surface area contributed by atoms with Crippen LogP contribution in [0.4, 0.5) is 0 Å². The molecule has 0 aromatic rings. The van der Waals surface area contributed by atoms with Crippen molar-refractivity contribution in [2.24, 2.45) is 40.9 Å². The van der Waals surface area contributed by atoms with Gasteiger partial charge in [0.2, 0.25) is 0 Å².